The number of nitrogens with one attached hydrogen (secondary N) is 3. The second-order valence-corrected chi connectivity index (χ2v) is 8.45. The van der Waals surface area contributed by atoms with Crippen LogP contribution in [0.25, 0.3) is 27.9 Å². The van der Waals surface area contributed by atoms with Gasteiger partial charge in [-0.25, -0.2) is 19.3 Å². The van der Waals surface area contributed by atoms with Crippen LogP contribution in [0, 0.1) is 11.8 Å². The highest BCUT2D eigenvalue weighted by Gasteiger charge is 2.27. The molecular weight excluding hydrogens is 466 g/mol. The van der Waals surface area contributed by atoms with Crippen LogP contribution in [0.4, 0.5) is 26.2 Å². The van der Waals surface area contributed by atoms with Gasteiger partial charge in [-0.1, -0.05) is 18.2 Å². The maximum atomic E-state index is 14.1. The lowest BCUT2D eigenvalue weighted by atomic mass is 9.97. The number of aliphatic hydroxyl groups is 1. The van der Waals surface area contributed by atoms with E-state index in [2.05, 4.69) is 30.9 Å². The SMILES string of the molecule is O[C@H]1CNC[C@@H]1Nc1nc(-c2ccnc(Nc3nc(F)ccc3F)c2)nc2cncc(C3=CC=C3)c12. The van der Waals surface area contributed by atoms with Crippen molar-refractivity contribution in [3.63, 3.8) is 0 Å². The predicted molar refractivity (Wildman–Crippen MR) is 131 cm³/mol. The van der Waals surface area contributed by atoms with Gasteiger partial charge in [0.2, 0.25) is 5.95 Å². The molecule has 4 N–H and O–H groups in total. The Morgan fingerprint density at radius 1 is 1.03 bits per heavy atom. The number of allylic oxidation sites excluding steroid dienone is 4. The highest BCUT2D eigenvalue weighted by Crippen LogP contribution is 2.34. The van der Waals surface area contributed by atoms with Crippen molar-refractivity contribution in [2.75, 3.05) is 23.7 Å². The molecule has 0 amide bonds. The minimum atomic E-state index is -0.813. The van der Waals surface area contributed by atoms with E-state index in [1.165, 1.54) is 6.20 Å². The predicted octanol–water partition coefficient (Wildman–Crippen LogP) is 3.20. The highest BCUT2D eigenvalue weighted by atomic mass is 19.1. The third-order valence-corrected chi connectivity index (χ3v) is 6.05. The molecule has 0 unspecified atom stereocenters. The van der Waals surface area contributed by atoms with Gasteiger partial charge in [-0.15, -0.1) is 0 Å². The van der Waals surface area contributed by atoms with Crippen molar-refractivity contribution in [1.82, 2.24) is 30.2 Å². The Bertz CT molecular complexity index is 1540. The summed E-state index contributed by atoms with van der Waals surface area (Å²) in [6.45, 7) is 1.07. The van der Waals surface area contributed by atoms with Gasteiger partial charge in [0, 0.05) is 36.6 Å². The first-order valence-electron chi connectivity index (χ1n) is 11.3. The van der Waals surface area contributed by atoms with Crippen LogP contribution < -0.4 is 16.0 Å². The van der Waals surface area contributed by atoms with Gasteiger partial charge in [0.15, 0.2) is 17.5 Å². The number of halogens is 2. The molecular formula is C25H20F2N8O. The van der Waals surface area contributed by atoms with Crippen molar-refractivity contribution >= 4 is 33.9 Å². The number of fused-ring (bicyclic) bond motifs is 1. The fourth-order valence-corrected chi connectivity index (χ4v) is 4.16. The van der Waals surface area contributed by atoms with Gasteiger partial charge in [0.25, 0.3) is 0 Å². The molecule has 11 heteroatoms. The summed E-state index contributed by atoms with van der Waals surface area (Å²) in [4.78, 5) is 21.6. The van der Waals surface area contributed by atoms with E-state index in [-0.39, 0.29) is 17.7 Å². The number of β-amino-alcohol motifs (C(OH)–C–C–N with tert-alkyl or cyclic N) is 1. The van der Waals surface area contributed by atoms with Crippen molar-refractivity contribution < 1.29 is 13.9 Å². The molecule has 4 aromatic heterocycles. The van der Waals surface area contributed by atoms with E-state index in [0.717, 1.165) is 28.7 Å². The number of hydrogen-bond donors (Lipinski definition) is 4. The summed E-state index contributed by atoms with van der Waals surface area (Å²) in [5.41, 5.74) is 3.10. The second kappa shape index (κ2) is 9.02. The van der Waals surface area contributed by atoms with Gasteiger partial charge in [-0.3, -0.25) is 4.98 Å². The zero-order valence-corrected chi connectivity index (χ0v) is 18.8. The topological polar surface area (TPSA) is 121 Å². The molecule has 5 heterocycles. The van der Waals surface area contributed by atoms with Crippen LogP contribution in [0.1, 0.15) is 5.56 Å². The van der Waals surface area contributed by atoms with Crippen LogP contribution in [0.2, 0.25) is 0 Å². The molecule has 0 saturated carbocycles. The van der Waals surface area contributed by atoms with Crippen molar-refractivity contribution in [2.24, 2.45) is 0 Å². The molecule has 1 saturated heterocycles. The number of aliphatic hydroxyl groups excluding tert-OH is 1. The summed E-state index contributed by atoms with van der Waals surface area (Å²) in [6.07, 6.45) is 10.3. The van der Waals surface area contributed by atoms with Gasteiger partial charge in [-0.2, -0.15) is 9.37 Å². The molecule has 36 heavy (non-hydrogen) atoms. The molecule has 0 aromatic carbocycles. The van der Waals surface area contributed by atoms with E-state index in [0.29, 0.717) is 35.8 Å². The van der Waals surface area contributed by atoms with Gasteiger partial charge in [-0.05, 0) is 29.8 Å². The summed E-state index contributed by atoms with van der Waals surface area (Å²) in [7, 11) is 0. The van der Waals surface area contributed by atoms with E-state index in [9.17, 15) is 13.9 Å². The molecule has 9 nitrogen and oxygen atoms in total. The Balaban J connectivity index is 1.43. The van der Waals surface area contributed by atoms with Crippen LogP contribution in [0.15, 0.2) is 61.1 Å². The normalized spacial score (nSPS) is 18.7. The lowest BCUT2D eigenvalue weighted by molar-refractivity contribution is 0.185. The molecule has 1 aliphatic carbocycles. The quantitative estimate of drug-likeness (QED) is 0.305. The van der Waals surface area contributed by atoms with Gasteiger partial charge in [0.1, 0.15) is 11.6 Å². The molecule has 180 valence electrons. The third-order valence-electron chi connectivity index (χ3n) is 6.05. The van der Waals surface area contributed by atoms with E-state index < -0.39 is 17.9 Å². The summed E-state index contributed by atoms with van der Waals surface area (Å²) < 4.78 is 27.6. The van der Waals surface area contributed by atoms with E-state index in [1.54, 1.807) is 24.5 Å². The first-order valence-corrected chi connectivity index (χ1v) is 11.3. The average molecular weight is 486 g/mol. The van der Waals surface area contributed by atoms with Crippen LogP contribution in [0.3, 0.4) is 0 Å². The summed E-state index contributed by atoms with van der Waals surface area (Å²) in [5.74, 6) is -0.619. The molecule has 2 atom stereocenters. The summed E-state index contributed by atoms with van der Waals surface area (Å²) in [6, 6.07) is 5.03. The van der Waals surface area contributed by atoms with Crippen molar-refractivity contribution in [3.8, 4) is 11.4 Å². The van der Waals surface area contributed by atoms with E-state index in [4.69, 9.17) is 9.97 Å². The minimum Gasteiger partial charge on any atom is -0.390 e. The highest BCUT2D eigenvalue weighted by molar-refractivity contribution is 6.02. The third kappa shape index (κ3) is 4.14. The summed E-state index contributed by atoms with van der Waals surface area (Å²) in [5, 5.41) is 20.4. The first-order chi connectivity index (χ1) is 17.5. The number of hydrogen-bond acceptors (Lipinski definition) is 9. The Labute approximate surface area is 204 Å². The van der Waals surface area contributed by atoms with Crippen LogP contribution in [-0.4, -0.2) is 55.3 Å². The summed E-state index contributed by atoms with van der Waals surface area (Å²) >= 11 is 0. The number of pyridine rings is 3. The molecule has 6 rings (SSSR count). The van der Waals surface area contributed by atoms with Crippen molar-refractivity contribution in [1.29, 1.82) is 0 Å². The van der Waals surface area contributed by atoms with Crippen LogP contribution in [-0.2, 0) is 0 Å². The van der Waals surface area contributed by atoms with Gasteiger partial charge < -0.3 is 21.1 Å². The molecule has 1 aliphatic heterocycles. The van der Waals surface area contributed by atoms with Crippen molar-refractivity contribution in [3.05, 3.63) is 78.4 Å². The number of aromatic nitrogens is 5. The first kappa shape index (κ1) is 22.1. The Morgan fingerprint density at radius 3 is 2.69 bits per heavy atom. The average Bonchev–Trinajstić information content (AvgIpc) is 3.24. The lowest BCUT2D eigenvalue weighted by Gasteiger charge is -2.20. The molecule has 0 radical (unpaired) electrons. The number of anilines is 3. The fraction of sp³-hybridized carbons (Fsp3) is 0.160. The van der Waals surface area contributed by atoms with E-state index >= 15 is 0 Å². The van der Waals surface area contributed by atoms with Gasteiger partial charge in [0.05, 0.1) is 29.2 Å². The monoisotopic (exact) mass is 486 g/mol. The van der Waals surface area contributed by atoms with Crippen LogP contribution >= 0.6 is 0 Å². The second-order valence-electron chi connectivity index (χ2n) is 8.45. The molecule has 2 aliphatic rings. The Hall–Kier alpha value is -4.35. The Morgan fingerprint density at radius 2 is 1.92 bits per heavy atom. The Kier molecular flexibility index (Phi) is 5.55. The maximum absolute atomic E-state index is 14.1. The molecule has 1 fully saturated rings. The number of nitrogens with zero attached hydrogens (tertiary/aromatic N) is 5. The largest absolute Gasteiger partial charge is 0.390 e. The van der Waals surface area contributed by atoms with E-state index in [1.807, 2.05) is 18.2 Å². The lowest BCUT2D eigenvalue weighted by Crippen LogP contribution is -2.32. The molecule has 0 spiro atoms. The van der Waals surface area contributed by atoms with Crippen molar-refractivity contribution in [2.45, 2.75) is 12.1 Å². The standard InChI is InChI=1S/C25H20F2N8O/c26-16-4-5-20(27)33-24(16)34-21-8-14(6-7-30-21)23-32-18-11-28-9-15(13-2-1-3-13)22(18)25(35-23)31-17-10-29-12-19(17)36/h1-9,11,17,19,29,36H,10,12H2,(H,30,33,34)(H,31,32,35)/t17-,19-/m0/s1. The smallest absolute Gasteiger partial charge is 0.214 e. The zero-order chi connectivity index (χ0) is 24.6. The number of rotatable bonds is 6. The minimum absolute atomic E-state index is 0.237. The van der Waals surface area contributed by atoms with Crippen LogP contribution in [0.5, 0.6) is 0 Å². The maximum Gasteiger partial charge on any atom is 0.214 e. The molecule has 0 bridgehead atoms. The van der Waals surface area contributed by atoms with Gasteiger partial charge >= 0.3 is 0 Å². The fourth-order valence-electron chi connectivity index (χ4n) is 4.16. The molecule has 4 aromatic rings. The zero-order valence-electron chi connectivity index (χ0n) is 18.8.